The van der Waals surface area contributed by atoms with Gasteiger partial charge in [-0.25, -0.2) is 9.37 Å². The Morgan fingerprint density at radius 3 is 3.12 bits per heavy atom. The Morgan fingerprint density at radius 2 is 2.35 bits per heavy atom. The lowest BCUT2D eigenvalue weighted by molar-refractivity contribution is 0.579. The number of halogens is 1. The van der Waals surface area contributed by atoms with Gasteiger partial charge in [0.05, 0.1) is 4.70 Å². The van der Waals surface area contributed by atoms with Crippen molar-refractivity contribution in [2.75, 3.05) is 6.54 Å². The molecule has 0 saturated heterocycles. The van der Waals surface area contributed by atoms with Gasteiger partial charge in [0.25, 0.3) is 0 Å². The summed E-state index contributed by atoms with van der Waals surface area (Å²) in [6.07, 6.45) is 3.11. The van der Waals surface area contributed by atoms with Crippen LogP contribution < -0.4 is 5.32 Å². The third-order valence-electron chi connectivity index (χ3n) is 2.99. The van der Waals surface area contributed by atoms with E-state index in [1.807, 2.05) is 6.07 Å². The van der Waals surface area contributed by atoms with Crippen LogP contribution in [0.5, 0.6) is 0 Å². The number of hydrogen-bond donors (Lipinski definition) is 1. The molecule has 3 rings (SSSR count). The molecule has 1 aromatic heterocycles. The van der Waals surface area contributed by atoms with Crippen LogP contribution >= 0.6 is 11.3 Å². The van der Waals surface area contributed by atoms with E-state index in [0.717, 1.165) is 22.7 Å². The fourth-order valence-corrected chi connectivity index (χ4v) is 3.13. The average Bonchev–Trinajstić information content (AvgIpc) is 2.74. The minimum atomic E-state index is -0.229. The van der Waals surface area contributed by atoms with Crippen molar-refractivity contribution in [3.63, 3.8) is 0 Å². The number of thiazole rings is 1. The summed E-state index contributed by atoms with van der Waals surface area (Å²) in [5.74, 6) is -0.229. The number of nitrogens with one attached hydrogen (secondary N) is 1. The number of benzene rings is 1. The van der Waals surface area contributed by atoms with E-state index >= 15 is 0 Å². The van der Waals surface area contributed by atoms with Crippen LogP contribution in [-0.4, -0.2) is 17.6 Å². The van der Waals surface area contributed by atoms with Gasteiger partial charge in [-0.3, -0.25) is 0 Å². The van der Waals surface area contributed by atoms with Gasteiger partial charge in [0.1, 0.15) is 16.3 Å². The second-order valence-electron chi connectivity index (χ2n) is 4.35. The lowest BCUT2D eigenvalue weighted by Crippen LogP contribution is -2.29. The summed E-state index contributed by atoms with van der Waals surface area (Å²) in [5.41, 5.74) is 1.73. The van der Waals surface area contributed by atoms with Crippen LogP contribution in [-0.2, 0) is 0 Å². The molecule has 0 bridgehead atoms. The van der Waals surface area contributed by atoms with Crippen LogP contribution in [0, 0.1) is 5.82 Å². The topological polar surface area (TPSA) is 24.9 Å². The molecule has 2 heterocycles. The van der Waals surface area contributed by atoms with Gasteiger partial charge in [-0.05, 0) is 31.1 Å². The van der Waals surface area contributed by atoms with Crippen molar-refractivity contribution >= 4 is 27.1 Å². The quantitative estimate of drug-likeness (QED) is 0.838. The van der Waals surface area contributed by atoms with E-state index in [1.54, 1.807) is 17.4 Å². The first-order valence-electron chi connectivity index (χ1n) is 5.72. The first kappa shape index (κ1) is 10.9. The lowest BCUT2D eigenvalue weighted by atomic mass is 10.0. The Labute approximate surface area is 103 Å². The maximum atomic E-state index is 13.6. The van der Waals surface area contributed by atoms with E-state index in [2.05, 4.69) is 23.3 Å². The van der Waals surface area contributed by atoms with Crippen molar-refractivity contribution in [2.45, 2.75) is 19.4 Å². The zero-order valence-corrected chi connectivity index (χ0v) is 10.4. The molecule has 2 aromatic rings. The first-order valence-corrected chi connectivity index (χ1v) is 6.53. The summed E-state index contributed by atoms with van der Waals surface area (Å²) >= 11 is 1.57. The molecule has 17 heavy (non-hydrogen) atoms. The summed E-state index contributed by atoms with van der Waals surface area (Å²) in [6, 6.07) is 5.58. The van der Waals surface area contributed by atoms with Gasteiger partial charge in [0.15, 0.2) is 0 Å². The standard InChI is InChI=1S/C13H13FN2S/c1-8-7-9(5-6-15-8)13-16-12-10(14)3-2-4-11(12)17-13/h2-5,8,15H,6-7H2,1H3. The summed E-state index contributed by atoms with van der Waals surface area (Å²) in [5, 5.41) is 4.31. The molecule has 2 nitrogen and oxygen atoms in total. The van der Waals surface area contributed by atoms with Crippen LogP contribution in [0.15, 0.2) is 24.3 Å². The molecule has 1 N–H and O–H groups in total. The number of nitrogens with zero attached hydrogens (tertiary/aromatic N) is 1. The predicted molar refractivity (Wildman–Crippen MR) is 69.6 cm³/mol. The highest BCUT2D eigenvalue weighted by atomic mass is 32.1. The average molecular weight is 248 g/mol. The second kappa shape index (κ2) is 4.20. The highest BCUT2D eigenvalue weighted by Gasteiger charge is 2.16. The van der Waals surface area contributed by atoms with Gasteiger partial charge >= 0.3 is 0 Å². The Bertz CT molecular complexity index is 588. The molecule has 1 aromatic carbocycles. The monoisotopic (exact) mass is 248 g/mol. The molecule has 1 unspecified atom stereocenters. The predicted octanol–water partition coefficient (Wildman–Crippen LogP) is 3.20. The summed E-state index contributed by atoms with van der Waals surface area (Å²) in [4.78, 5) is 4.42. The third-order valence-corrected chi connectivity index (χ3v) is 4.08. The highest BCUT2D eigenvalue weighted by molar-refractivity contribution is 7.19. The Hall–Kier alpha value is -1.26. The normalized spacial score (nSPS) is 20.6. The SMILES string of the molecule is CC1CC(c2nc3c(F)cccc3s2)=CCN1. The fraction of sp³-hybridized carbons (Fsp3) is 0.308. The smallest absolute Gasteiger partial charge is 0.150 e. The molecule has 88 valence electrons. The van der Waals surface area contributed by atoms with Gasteiger partial charge in [0, 0.05) is 12.6 Å². The number of para-hydroxylation sites is 1. The van der Waals surface area contributed by atoms with Crippen LogP contribution in [0.1, 0.15) is 18.4 Å². The zero-order valence-electron chi connectivity index (χ0n) is 9.53. The Kier molecular flexibility index (Phi) is 2.68. The van der Waals surface area contributed by atoms with E-state index in [1.165, 1.54) is 11.6 Å². The van der Waals surface area contributed by atoms with Gasteiger partial charge in [0.2, 0.25) is 0 Å². The molecular formula is C13H13FN2S. The van der Waals surface area contributed by atoms with Crippen LogP contribution in [0.2, 0.25) is 0 Å². The number of aromatic nitrogens is 1. The minimum absolute atomic E-state index is 0.229. The van der Waals surface area contributed by atoms with Crippen molar-refractivity contribution < 1.29 is 4.39 Å². The molecule has 0 spiro atoms. The van der Waals surface area contributed by atoms with E-state index in [0.29, 0.717) is 11.6 Å². The van der Waals surface area contributed by atoms with Crippen LogP contribution in [0.25, 0.3) is 15.8 Å². The lowest BCUT2D eigenvalue weighted by Gasteiger charge is -2.19. The molecule has 1 aliphatic heterocycles. The number of fused-ring (bicyclic) bond motifs is 1. The van der Waals surface area contributed by atoms with Gasteiger partial charge < -0.3 is 5.32 Å². The van der Waals surface area contributed by atoms with Gasteiger partial charge in [-0.1, -0.05) is 12.1 Å². The minimum Gasteiger partial charge on any atom is -0.310 e. The van der Waals surface area contributed by atoms with Crippen molar-refractivity contribution in [1.82, 2.24) is 10.3 Å². The van der Waals surface area contributed by atoms with Crippen molar-refractivity contribution in [1.29, 1.82) is 0 Å². The van der Waals surface area contributed by atoms with E-state index < -0.39 is 0 Å². The largest absolute Gasteiger partial charge is 0.310 e. The summed E-state index contributed by atoms with van der Waals surface area (Å²) in [6.45, 7) is 3.02. The molecule has 1 aliphatic rings. The van der Waals surface area contributed by atoms with Gasteiger partial charge in [-0.2, -0.15) is 0 Å². The molecule has 4 heteroatoms. The molecule has 0 radical (unpaired) electrons. The van der Waals surface area contributed by atoms with E-state index in [4.69, 9.17) is 0 Å². The molecule has 0 amide bonds. The van der Waals surface area contributed by atoms with Crippen molar-refractivity contribution in [3.05, 3.63) is 35.1 Å². The highest BCUT2D eigenvalue weighted by Crippen LogP contribution is 2.31. The second-order valence-corrected chi connectivity index (χ2v) is 5.38. The van der Waals surface area contributed by atoms with E-state index in [9.17, 15) is 4.39 Å². The maximum absolute atomic E-state index is 13.6. The molecule has 0 saturated carbocycles. The maximum Gasteiger partial charge on any atom is 0.150 e. The first-order chi connectivity index (χ1) is 8.24. The number of hydrogen-bond acceptors (Lipinski definition) is 3. The molecule has 0 fully saturated rings. The Balaban J connectivity index is 2.06. The van der Waals surface area contributed by atoms with Gasteiger partial charge in [-0.15, -0.1) is 11.3 Å². The Morgan fingerprint density at radius 1 is 1.47 bits per heavy atom. The third kappa shape index (κ3) is 1.98. The number of rotatable bonds is 1. The molecule has 1 atom stereocenters. The fourth-order valence-electron chi connectivity index (χ4n) is 2.10. The summed E-state index contributed by atoms with van der Waals surface area (Å²) < 4.78 is 14.5. The molecular weight excluding hydrogens is 235 g/mol. The van der Waals surface area contributed by atoms with Crippen molar-refractivity contribution in [3.8, 4) is 0 Å². The zero-order chi connectivity index (χ0) is 11.8. The van der Waals surface area contributed by atoms with E-state index in [-0.39, 0.29) is 5.82 Å². The summed E-state index contributed by atoms with van der Waals surface area (Å²) in [7, 11) is 0. The van der Waals surface area contributed by atoms with Crippen LogP contribution in [0.4, 0.5) is 4.39 Å². The van der Waals surface area contributed by atoms with Crippen LogP contribution in [0.3, 0.4) is 0 Å². The van der Waals surface area contributed by atoms with Crippen molar-refractivity contribution in [2.24, 2.45) is 0 Å². The molecule has 0 aliphatic carbocycles.